The quantitative estimate of drug-likeness (QED) is 0.531. The van der Waals surface area contributed by atoms with Crippen molar-refractivity contribution in [2.45, 2.75) is 84.8 Å². The molecule has 31 heavy (non-hydrogen) atoms. The van der Waals surface area contributed by atoms with Gasteiger partial charge in [0.1, 0.15) is 11.8 Å². The zero-order chi connectivity index (χ0) is 23.2. The van der Waals surface area contributed by atoms with E-state index in [2.05, 4.69) is 50.9 Å². The lowest BCUT2D eigenvalue weighted by molar-refractivity contribution is 0.00578. The van der Waals surface area contributed by atoms with Crippen LogP contribution >= 0.6 is 0 Å². The van der Waals surface area contributed by atoms with Crippen LogP contribution in [0.2, 0.25) is 0 Å². The topological polar surface area (TPSA) is 75.6 Å². The Hall–Kier alpha value is -2.00. The third-order valence-corrected chi connectivity index (χ3v) is 6.05. The molecule has 0 aromatic rings. The van der Waals surface area contributed by atoms with Gasteiger partial charge in [0, 0.05) is 31.8 Å². The number of aliphatic imine (C=N–C) groups is 1. The molecule has 0 aromatic carbocycles. The molecule has 1 amide bonds. The van der Waals surface area contributed by atoms with Gasteiger partial charge in [-0.15, -0.1) is 0 Å². The zero-order valence-electron chi connectivity index (χ0n) is 20.4. The number of nitrogens with one attached hydrogen (secondary N) is 1. The molecule has 1 N–H and O–H groups in total. The minimum atomic E-state index is -0.496. The number of rotatable bonds is 5. The predicted octanol–water partition coefficient (Wildman–Crippen LogP) is 3.31. The molecule has 172 valence electrons. The second kappa shape index (κ2) is 8.17. The SMILES string of the molecule is CC1N=C2C(=CC(B3OC(C)(C)C(C)(C)O3)=CN2C)N1CCCNC(=O)OC(C)(C)C. The van der Waals surface area contributed by atoms with Crippen molar-refractivity contribution in [3.63, 3.8) is 0 Å². The molecular weight excluding hydrogens is 395 g/mol. The highest BCUT2D eigenvalue weighted by atomic mass is 16.7. The van der Waals surface area contributed by atoms with E-state index < -0.39 is 12.7 Å². The number of nitrogens with zero attached hydrogens (tertiary/aromatic N) is 3. The molecule has 3 aliphatic heterocycles. The second-order valence-corrected chi connectivity index (χ2v) is 10.4. The lowest BCUT2D eigenvalue weighted by Gasteiger charge is -2.32. The molecule has 8 nitrogen and oxygen atoms in total. The Morgan fingerprint density at radius 2 is 1.87 bits per heavy atom. The molecule has 3 aliphatic rings. The predicted molar refractivity (Wildman–Crippen MR) is 122 cm³/mol. The summed E-state index contributed by atoms with van der Waals surface area (Å²) in [6.45, 7) is 17.2. The Labute approximate surface area is 186 Å². The molecule has 0 saturated carbocycles. The summed E-state index contributed by atoms with van der Waals surface area (Å²) < 4.78 is 17.8. The molecule has 0 aliphatic carbocycles. The highest BCUT2D eigenvalue weighted by Crippen LogP contribution is 2.40. The lowest BCUT2D eigenvalue weighted by atomic mass is 9.77. The third-order valence-electron chi connectivity index (χ3n) is 6.05. The first-order valence-corrected chi connectivity index (χ1v) is 11.0. The van der Waals surface area contributed by atoms with Gasteiger partial charge in [-0.1, -0.05) is 0 Å². The van der Waals surface area contributed by atoms with E-state index in [9.17, 15) is 4.79 Å². The molecule has 0 aromatic heterocycles. The van der Waals surface area contributed by atoms with E-state index in [0.717, 1.165) is 30.0 Å². The Bertz CT molecular complexity index is 797. The molecule has 3 heterocycles. The second-order valence-electron chi connectivity index (χ2n) is 10.4. The third kappa shape index (κ3) is 5.09. The summed E-state index contributed by atoms with van der Waals surface area (Å²) in [6.07, 6.45) is 4.57. The number of carbonyl (C=O) groups is 1. The van der Waals surface area contributed by atoms with Gasteiger partial charge in [0.25, 0.3) is 0 Å². The van der Waals surface area contributed by atoms with Gasteiger partial charge in [-0.05, 0) is 67.9 Å². The number of carbonyl (C=O) groups excluding carboxylic acids is 1. The summed E-state index contributed by atoms with van der Waals surface area (Å²) in [5, 5.41) is 2.82. The molecule has 1 fully saturated rings. The van der Waals surface area contributed by atoms with Gasteiger partial charge in [0.2, 0.25) is 0 Å². The van der Waals surface area contributed by atoms with Crippen LogP contribution in [0.4, 0.5) is 4.79 Å². The van der Waals surface area contributed by atoms with Gasteiger partial charge >= 0.3 is 13.2 Å². The minimum Gasteiger partial charge on any atom is -0.444 e. The first-order valence-electron chi connectivity index (χ1n) is 11.0. The normalized spacial score (nSPS) is 24.5. The first kappa shape index (κ1) is 23.7. The van der Waals surface area contributed by atoms with Gasteiger partial charge in [-0.3, -0.25) is 0 Å². The van der Waals surface area contributed by atoms with E-state index in [4.69, 9.17) is 19.0 Å². The van der Waals surface area contributed by atoms with Crippen molar-refractivity contribution in [2.24, 2.45) is 4.99 Å². The summed E-state index contributed by atoms with van der Waals surface area (Å²) >= 11 is 0. The maximum absolute atomic E-state index is 11.9. The summed E-state index contributed by atoms with van der Waals surface area (Å²) in [5.41, 5.74) is 0.754. The molecule has 9 heteroatoms. The molecule has 1 unspecified atom stereocenters. The number of amides is 1. The van der Waals surface area contributed by atoms with Crippen LogP contribution in [-0.2, 0) is 14.0 Å². The monoisotopic (exact) mass is 432 g/mol. The van der Waals surface area contributed by atoms with E-state index in [1.807, 2.05) is 38.9 Å². The number of hydrogen-bond acceptors (Lipinski definition) is 7. The van der Waals surface area contributed by atoms with Crippen molar-refractivity contribution in [3.8, 4) is 0 Å². The van der Waals surface area contributed by atoms with Gasteiger partial charge in [0.15, 0.2) is 5.84 Å². The van der Waals surface area contributed by atoms with Crippen LogP contribution in [0.1, 0.15) is 61.8 Å². The van der Waals surface area contributed by atoms with Crippen molar-refractivity contribution in [2.75, 3.05) is 20.1 Å². The van der Waals surface area contributed by atoms with Crippen LogP contribution in [0.25, 0.3) is 0 Å². The number of hydrogen-bond donors (Lipinski definition) is 1. The first-order chi connectivity index (χ1) is 14.2. The number of ether oxygens (including phenoxy) is 1. The number of allylic oxidation sites excluding steroid dienone is 2. The molecule has 3 rings (SSSR count). The molecule has 0 radical (unpaired) electrons. The van der Waals surface area contributed by atoms with E-state index in [1.54, 1.807) is 0 Å². The average Bonchev–Trinajstić information content (AvgIpc) is 3.03. The number of amidine groups is 1. The summed E-state index contributed by atoms with van der Waals surface area (Å²) in [6, 6.07) is 0. The number of alkyl carbamates (subject to hydrolysis) is 1. The van der Waals surface area contributed by atoms with E-state index in [0.29, 0.717) is 6.54 Å². The molecular formula is C22H37BN4O4. The van der Waals surface area contributed by atoms with Crippen LogP contribution in [0.3, 0.4) is 0 Å². The van der Waals surface area contributed by atoms with Crippen LogP contribution in [0.15, 0.2) is 28.4 Å². The largest absolute Gasteiger partial charge is 0.496 e. The minimum absolute atomic E-state index is 0.0243. The zero-order valence-corrected chi connectivity index (χ0v) is 20.4. The Kier molecular flexibility index (Phi) is 6.23. The van der Waals surface area contributed by atoms with Gasteiger partial charge in [0.05, 0.1) is 16.9 Å². The van der Waals surface area contributed by atoms with Crippen molar-refractivity contribution < 1.29 is 18.8 Å². The van der Waals surface area contributed by atoms with Crippen LogP contribution in [0.5, 0.6) is 0 Å². The van der Waals surface area contributed by atoms with E-state index in [-0.39, 0.29) is 23.5 Å². The fraction of sp³-hybridized carbons (Fsp3) is 0.727. The van der Waals surface area contributed by atoms with Crippen molar-refractivity contribution in [1.82, 2.24) is 15.1 Å². The van der Waals surface area contributed by atoms with Crippen molar-refractivity contribution in [3.05, 3.63) is 23.4 Å². The standard InChI is InChI=1S/C22H37BN4O4/c1-15-25-18-17(27(15)12-10-11-24-19(28)29-20(2,3)4)13-16(14-26(18)9)23-30-21(5,6)22(7,8)31-23/h13-15H,10-12H2,1-9H3,(H,24,28). The number of likely N-dealkylation sites (N-methyl/N-ethyl adjacent to an activating group) is 1. The van der Waals surface area contributed by atoms with Gasteiger partial charge in [-0.2, -0.15) is 0 Å². The molecule has 1 atom stereocenters. The van der Waals surface area contributed by atoms with Gasteiger partial charge < -0.3 is 29.2 Å². The van der Waals surface area contributed by atoms with Crippen molar-refractivity contribution in [1.29, 1.82) is 0 Å². The lowest BCUT2D eigenvalue weighted by Crippen LogP contribution is -2.41. The Morgan fingerprint density at radius 3 is 2.45 bits per heavy atom. The summed E-state index contributed by atoms with van der Waals surface area (Å²) in [4.78, 5) is 21.0. The van der Waals surface area contributed by atoms with Crippen molar-refractivity contribution >= 4 is 19.0 Å². The highest BCUT2D eigenvalue weighted by molar-refractivity contribution is 6.56. The molecule has 0 bridgehead atoms. The average molecular weight is 432 g/mol. The smallest absolute Gasteiger partial charge is 0.444 e. The fourth-order valence-corrected chi connectivity index (χ4v) is 3.71. The van der Waals surface area contributed by atoms with Crippen LogP contribution in [-0.4, -0.2) is 72.0 Å². The highest BCUT2D eigenvalue weighted by Gasteiger charge is 2.53. The number of fused-ring (bicyclic) bond motifs is 1. The maximum atomic E-state index is 11.9. The summed E-state index contributed by atoms with van der Waals surface area (Å²) in [7, 11) is 1.57. The Balaban J connectivity index is 1.64. The van der Waals surface area contributed by atoms with Crippen LogP contribution in [0, 0.1) is 0 Å². The van der Waals surface area contributed by atoms with Gasteiger partial charge in [-0.25, -0.2) is 9.79 Å². The maximum Gasteiger partial charge on any atom is 0.496 e. The fourth-order valence-electron chi connectivity index (χ4n) is 3.71. The van der Waals surface area contributed by atoms with E-state index >= 15 is 0 Å². The van der Waals surface area contributed by atoms with Crippen LogP contribution < -0.4 is 5.32 Å². The Morgan fingerprint density at radius 1 is 1.26 bits per heavy atom. The molecule has 1 saturated heterocycles. The summed E-state index contributed by atoms with van der Waals surface area (Å²) in [5.74, 6) is 0.938. The molecule has 0 spiro atoms. The van der Waals surface area contributed by atoms with E-state index in [1.165, 1.54) is 0 Å².